The Balaban J connectivity index is 1.91. The number of aryl methyl sites for hydroxylation is 1. The van der Waals surface area contributed by atoms with Gasteiger partial charge in [-0.15, -0.1) is 0 Å². The van der Waals surface area contributed by atoms with Gasteiger partial charge in [0.1, 0.15) is 5.82 Å². The van der Waals surface area contributed by atoms with Crippen molar-refractivity contribution in [2.24, 2.45) is 0 Å². The summed E-state index contributed by atoms with van der Waals surface area (Å²) in [5.41, 5.74) is 4.24. The van der Waals surface area contributed by atoms with Crippen molar-refractivity contribution in [2.45, 2.75) is 32.7 Å². The molecule has 1 aromatic heterocycles. The fraction of sp³-hybridized carbons (Fsp3) is 0.286. The fourth-order valence-electron chi connectivity index (χ4n) is 2.70. The molecule has 1 radical (unpaired) electrons. The van der Waals surface area contributed by atoms with Crippen LogP contribution in [0.5, 0.6) is 0 Å². The smallest absolute Gasteiger partial charge is 0.229 e. The third-order valence-corrected chi connectivity index (χ3v) is 4.26. The molecule has 2 aromatic rings. The molecule has 135 valence electrons. The van der Waals surface area contributed by atoms with Crippen LogP contribution in [0, 0.1) is 6.42 Å². The summed E-state index contributed by atoms with van der Waals surface area (Å²) in [4.78, 5) is 9.12. The van der Waals surface area contributed by atoms with Gasteiger partial charge in [-0.1, -0.05) is 43.3 Å². The summed E-state index contributed by atoms with van der Waals surface area (Å²) in [6.45, 7) is 4.09. The first kappa shape index (κ1) is 18.1. The molecule has 0 spiro atoms. The Hall–Kier alpha value is -2.66. The molecule has 26 heavy (non-hydrogen) atoms. The summed E-state index contributed by atoms with van der Waals surface area (Å²) in [5, 5.41) is 15.9. The van der Waals surface area contributed by atoms with Crippen molar-refractivity contribution in [3.8, 4) is 11.1 Å². The Morgan fingerprint density at radius 2 is 2.04 bits per heavy atom. The number of benzene rings is 1. The zero-order chi connectivity index (χ0) is 18.4. The van der Waals surface area contributed by atoms with Crippen molar-refractivity contribution in [2.75, 3.05) is 17.2 Å². The van der Waals surface area contributed by atoms with Crippen LogP contribution >= 0.6 is 0 Å². The highest BCUT2D eigenvalue weighted by molar-refractivity contribution is 5.75. The largest absolute Gasteiger partial charge is 0.394 e. The average Bonchev–Trinajstić information content (AvgIpc) is 2.69. The third-order valence-electron chi connectivity index (χ3n) is 4.26. The molecule has 0 bridgehead atoms. The van der Waals surface area contributed by atoms with Crippen LogP contribution in [0.15, 0.2) is 54.4 Å². The predicted molar refractivity (Wildman–Crippen MR) is 107 cm³/mol. The van der Waals surface area contributed by atoms with Crippen molar-refractivity contribution in [3.63, 3.8) is 0 Å². The first-order valence-corrected chi connectivity index (χ1v) is 9.00. The molecule has 5 nitrogen and oxygen atoms in total. The lowest BCUT2D eigenvalue weighted by molar-refractivity contribution is 0.281. The van der Waals surface area contributed by atoms with Crippen LogP contribution in [-0.4, -0.2) is 27.7 Å². The maximum atomic E-state index is 9.41. The fourth-order valence-corrected chi connectivity index (χ4v) is 2.70. The van der Waals surface area contributed by atoms with Crippen LogP contribution in [-0.2, 0) is 6.42 Å². The second-order valence-corrected chi connectivity index (χ2v) is 6.35. The molecule has 1 aromatic carbocycles. The molecule has 1 atom stereocenters. The van der Waals surface area contributed by atoms with Gasteiger partial charge in [0.25, 0.3) is 0 Å². The minimum Gasteiger partial charge on any atom is -0.394 e. The molecule has 1 aliphatic rings. The summed E-state index contributed by atoms with van der Waals surface area (Å²) < 4.78 is 0. The van der Waals surface area contributed by atoms with Gasteiger partial charge in [0, 0.05) is 23.5 Å². The van der Waals surface area contributed by atoms with Crippen LogP contribution in [0.25, 0.3) is 11.1 Å². The second kappa shape index (κ2) is 8.63. The zero-order valence-corrected chi connectivity index (χ0v) is 15.2. The molecule has 0 amide bonds. The number of nitrogens with zero attached hydrogens (tertiary/aromatic N) is 2. The molecule has 0 fully saturated rings. The Kier molecular flexibility index (Phi) is 6.02. The standard InChI is InChI=1S/C21H25N4O/c1-3-16-9-11-17(12-10-16)19-13-22-21(24-18-7-5-4-6-8-18)25-20(19)23-15(2)14-26/h4-5,7-13,15,26H,3,6,14H2,1-2H3,(H2,22,23,24,25)/t15-/m1/s1. The highest BCUT2D eigenvalue weighted by atomic mass is 16.3. The average molecular weight is 349 g/mol. The van der Waals surface area contributed by atoms with Crippen molar-refractivity contribution in [1.29, 1.82) is 0 Å². The summed E-state index contributed by atoms with van der Waals surface area (Å²) in [5.74, 6) is 1.24. The molecule has 0 saturated heterocycles. The maximum Gasteiger partial charge on any atom is 0.229 e. The quantitative estimate of drug-likeness (QED) is 0.706. The minimum absolute atomic E-state index is 0.0324. The number of rotatable bonds is 7. The highest BCUT2D eigenvalue weighted by Crippen LogP contribution is 2.28. The number of aliphatic hydroxyl groups excluding tert-OH is 1. The van der Waals surface area contributed by atoms with E-state index in [2.05, 4.69) is 64.3 Å². The Bertz CT molecular complexity index is 796. The number of hydrogen-bond acceptors (Lipinski definition) is 5. The SMILES string of the molecule is CCc1ccc(-c2cnc(NC3=CC[CH]C=C3)nc2N[C@H](C)CO)cc1. The molecule has 0 aliphatic heterocycles. The first-order chi connectivity index (χ1) is 12.7. The summed E-state index contributed by atoms with van der Waals surface area (Å²) in [6.07, 6.45) is 11.9. The Morgan fingerprint density at radius 3 is 2.69 bits per heavy atom. The van der Waals surface area contributed by atoms with Gasteiger partial charge in [-0.3, -0.25) is 0 Å². The van der Waals surface area contributed by atoms with E-state index in [1.165, 1.54) is 5.56 Å². The Morgan fingerprint density at radius 1 is 1.23 bits per heavy atom. The number of allylic oxidation sites excluding steroid dienone is 3. The molecule has 1 aliphatic carbocycles. The van der Waals surface area contributed by atoms with Crippen LogP contribution in [0.3, 0.4) is 0 Å². The molecule has 0 saturated carbocycles. The normalized spacial score (nSPS) is 14.7. The summed E-state index contributed by atoms with van der Waals surface area (Å²) in [6, 6.07) is 8.31. The van der Waals surface area contributed by atoms with Crippen molar-refractivity contribution in [3.05, 3.63) is 66.4 Å². The third kappa shape index (κ3) is 4.49. The molecular formula is C21H25N4O. The van der Waals surface area contributed by atoms with Gasteiger partial charge >= 0.3 is 0 Å². The van der Waals surface area contributed by atoms with Gasteiger partial charge in [-0.2, -0.15) is 4.98 Å². The summed E-state index contributed by atoms with van der Waals surface area (Å²) >= 11 is 0. The van der Waals surface area contributed by atoms with Crippen molar-refractivity contribution in [1.82, 2.24) is 9.97 Å². The van der Waals surface area contributed by atoms with Crippen LogP contribution in [0.4, 0.5) is 11.8 Å². The van der Waals surface area contributed by atoms with Crippen LogP contribution in [0.1, 0.15) is 25.8 Å². The van der Waals surface area contributed by atoms with E-state index in [-0.39, 0.29) is 12.6 Å². The molecule has 3 rings (SSSR count). The van der Waals surface area contributed by atoms with Gasteiger partial charge in [0.15, 0.2) is 0 Å². The van der Waals surface area contributed by atoms with Gasteiger partial charge in [0.2, 0.25) is 5.95 Å². The number of nitrogens with one attached hydrogen (secondary N) is 2. The highest BCUT2D eigenvalue weighted by Gasteiger charge is 2.12. The van der Waals surface area contributed by atoms with Gasteiger partial charge in [-0.25, -0.2) is 4.98 Å². The summed E-state index contributed by atoms with van der Waals surface area (Å²) in [7, 11) is 0. The zero-order valence-electron chi connectivity index (χ0n) is 15.2. The number of aliphatic hydroxyl groups is 1. The monoisotopic (exact) mass is 349 g/mol. The van der Waals surface area contributed by atoms with Crippen LogP contribution in [0.2, 0.25) is 0 Å². The van der Waals surface area contributed by atoms with Crippen LogP contribution < -0.4 is 10.6 Å². The number of hydrogen-bond donors (Lipinski definition) is 3. The maximum absolute atomic E-state index is 9.41. The van der Waals surface area contributed by atoms with Crippen molar-refractivity contribution >= 4 is 11.8 Å². The minimum atomic E-state index is -0.102. The van der Waals surface area contributed by atoms with E-state index < -0.39 is 0 Å². The lowest BCUT2D eigenvalue weighted by Crippen LogP contribution is -2.21. The second-order valence-electron chi connectivity index (χ2n) is 6.35. The van der Waals surface area contributed by atoms with Gasteiger partial charge in [0.05, 0.1) is 6.61 Å². The van der Waals surface area contributed by atoms with E-state index in [0.29, 0.717) is 11.8 Å². The number of anilines is 2. The topological polar surface area (TPSA) is 70.1 Å². The lowest BCUT2D eigenvalue weighted by atomic mass is 10.0. The van der Waals surface area contributed by atoms with E-state index in [1.807, 2.05) is 25.3 Å². The molecule has 3 N–H and O–H groups in total. The molecule has 1 heterocycles. The van der Waals surface area contributed by atoms with Crippen molar-refractivity contribution < 1.29 is 5.11 Å². The predicted octanol–water partition coefficient (Wildman–Crippen LogP) is 3.96. The first-order valence-electron chi connectivity index (χ1n) is 9.00. The van der Waals surface area contributed by atoms with Gasteiger partial charge in [-0.05, 0) is 43.4 Å². The van der Waals surface area contributed by atoms with Gasteiger partial charge < -0.3 is 15.7 Å². The molecule has 0 unspecified atom stereocenters. The molecule has 5 heteroatoms. The van der Waals surface area contributed by atoms with E-state index in [4.69, 9.17) is 0 Å². The van der Waals surface area contributed by atoms with E-state index >= 15 is 0 Å². The lowest BCUT2D eigenvalue weighted by Gasteiger charge is -2.17. The van der Waals surface area contributed by atoms with E-state index in [0.717, 1.165) is 29.7 Å². The Labute approximate surface area is 154 Å². The number of aromatic nitrogens is 2. The molecular weight excluding hydrogens is 324 g/mol. The van der Waals surface area contributed by atoms with E-state index in [9.17, 15) is 5.11 Å². The van der Waals surface area contributed by atoms with E-state index in [1.54, 1.807) is 0 Å².